The highest BCUT2D eigenvalue weighted by molar-refractivity contribution is 5.59. The number of rotatable bonds is 2. The molecule has 2 aromatic rings. The molecule has 1 atom stereocenters. The van der Waals surface area contributed by atoms with Crippen LogP contribution in [0.2, 0.25) is 0 Å². The topological polar surface area (TPSA) is 128 Å². The summed E-state index contributed by atoms with van der Waals surface area (Å²) in [5.74, 6) is -0.145. The van der Waals surface area contributed by atoms with Gasteiger partial charge in [-0.25, -0.2) is 0 Å². The third-order valence-corrected chi connectivity index (χ3v) is 3.68. The largest absolute Gasteiger partial charge is 0.440 e. The standard InChI is InChI=1S/C16H12N4O3/c17-8-13-15(9-1-3-10(18)4-2-9)12-7-11(20(21)22)5-6-14(12)23-16(13)19/h1-7,15H,18-19H2/t15-/m1/s1. The van der Waals surface area contributed by atoms with Crippen molar-refractivity contribution in [2.24, 2.45) is 5.73 Å². The van der Waals surface area contributed by atoms with Gasteiger partial charge in [-0.3, -0.25) is 10.1 Å². The molecule has 0 saturated heterocycles. The number of nitro benzene ring substituents is 1. The van der Waals surface area contributed by atoms with E-state index in [1.165, 1.54) is 18.2 Å². The molecular weight excluding hydrogens is 296 g/mol. The zero-order valence-electron chi connectivity index (χ0n) is 11.9. The number of non-ortho nitro benzene ring substituents is 1. The Morgan fingerprint density at radius 1 is 1.17 bits per heavy atom. The van der Waals surface area contributed by atoms with Gasteiger partial charge in [-0.15, -0.1) is 0 Å². The first kappa shape index (κ1) is 14.4. The summed E-state index contributed by atoms with van der Waals surface area (Å²) in [4.78, 5) is 10.5. The Morgan fingerprint density at radius 2 is 1.87 bits per heavy atom. The molecule has 0 fully saturated rings. The Hall–Kier alpha value is -3.53. The van der Waals surface area contributed by atoms with E-state index in [4.69, 9.17) is 16.2 Å². The van der Waals surface area contributed by atoms with E-state index in [0.717, 1.165) is 5.56 Å². The van der Waals surface area contributed by atoms with Crippen LogP contribution in [-0.2, 0) is 0 Å². The Bertz CT molecular complexity index is 866. The van der Waals surface area contributed by atoms with E-state index in [9.17, 15) is 15.4 Å². The van der Waals surface area contributed by atoms with Crippen LogP contribution in [0.25, 0.3) is 0 Å². The lowest BCUT2D eigenvalue weighted by Gasteiger charge is -2.26. The van der Waals surface area contributed by atoms with Crippen molar-refractivity contribution in [3.05, 3.63) is 75.2 Å². The molecule has 1 heterocycles. The van der Waals surface area contributed by atoms with E-state index in [0.29, 0.717) is 17.0 Å². The fourth-order valence-electron chi connectivity index (χ4n) is 2.59. The first-order chi connectivity index (χ1) is 11.0. The summed E-state index contributed by atoms with van der Waals surface area (Å²) < 4.78 is 5.43. The molecule has 3 rings (SSSR count). The van der Waals surface area contributed by atoms with Crippen LogP contribution in [0.5, 0.6) is 5.75 Å². The second kappa shape index (κ2) is 5.35. The Kier molecular flexibility index (Phi) is 3.35. The SMILES string of the molecule is N#CC1=C(N)Oc2ccc([N+](=O)[O-])cc2[C@H]1c1ccc(N)cc1. The molecule has 7 heteroatoms. The van der Waals surface area contributed by atoms with Crippen molar-refractivity contribution in [2.45, 2.75) is 5.92 Å². The summed E-state index contributed by atoms with van der Waals surface area (Å²) in [6.07, 6.45) is 0. The first-order valence-corrected chi connectivity index (χ1v) is 6.72. The molecule has 2 aromatic carbocycles. The molecule has 114 valence electrons. The maximum Gasteiger partial charge on any atom is 0.270 e. The molecule has 0 amide bonds. The van der Waals surface area contributed by atoms with E-state index in [-0.39, 0.29) is 17.1 Å². The van der Waals surface area contributed by atoms with Crippen LogP contribution in [0.15, 0.2) is 53.9 Å². The van der Waals surface area contributed by atoms with Gasteiger partial charge in [-0.05, 0) is 23.8 Å². The molecule has 0 aromatic heterocycles. The minimum atomic E-state index is -0.538. The predicted octanol–water partition coefficient (Wildman–Crippen LogP) is 2.40. The third kappa shape index (κ3) is 2.42. The van der Waals surface area contributed by atoms with Gasteiger partial charge < -0.3 is 16.2 Å². The van der Waals surface area contributed by atoms with E-state index >= 15 is 0 Å². The maximum absolute atomic E-state index is 11.0. The second-order valence-corrected chi connectivity index (χ2v) is 5.07. The number of benzene rings is 2. The number of nitro groups is 1. The number of allylic oxidation sites excluding steroid dienone is 1. The number of anilines is 1. The highest BCUT2D eigenvalue weighted by Crippen LogP contribution is 2.43. The van der Waals surface area contributed by atoms with Gasteiger partial charge in [0.15, 0.2) is 0 Å². The number of nitrogens with two attached hydrogens (primary N) is 2. The van der Waals surface area contributed by atoms with Gasteiger partial charge in [0.2, 0.25) is 5.88 Å². The fourth-order valence-corrected chi connectivity index (χ4v) is 2.59. The van der Waals surface area contributed by atoms with Crippen molar-refractivity contribution in [3.8, 4) is 11.8 Å². The zero-order chi connectivity index (χ0) is 16.6. The first-order valence-electron chi connectivity index (χ1n) is 6.72. The lowest BCUT2D eigenvalue weighted by atomic mass is 9.83. The number of hydrogen-bond acceptors (Lipinski definition) is 6. The van der Waals surface area contributed by atoms with Gasteiger partial charge in [0.05, 0.1) is 10.8 Å². The molecule has 1 aliphatic heterocycles. The van der Waals surface area contributed by atoms with Crippen LogP contribution in [0, 0.1) is 21.4 Å². The average Bonchev–Trinajstić information content (AvgIpc) is 2.54. The summed E-state index contributed by atoms with van der Waals surface area (Å²) in [6.45, 7) is 0. The van der Waals surface area contributed by atoms with Crippen molar-refractivity contribution >= 4 is 11.4 Å². The fraction of sp³-hybridized carbons (Fsp3) is 0.0625. The van der Waals surface area contributed by atoms with Crippen LogP contribution in [0.3, 0.4) is 0 Å². The Balaban J connectivity index is 2.23. The number of nitriles is 1. The molecule has 1 aliphatic rings. The molecule has 0 aliphatic carbocycles. The van der Waals surface area contributed by atoms with Crippen LogP contribution in [-0.4, -0.2) is 4.92 Å². The molecule has 0 spiro atoms. The maximum atomic E-state index is 11.0. The summed E-state index contributed by atoms with van der Waals surface area (Å²) >= 11 is 0. The minimum absolute atomic E-state index is 0.00400. The molecule has 0 bridgehead atoms. The smallest absolute Gasteiger partial charge is 0.270 e. The number of nitrogen functional groups attached to an aromatic ring is 1. The predicted molar refractivity (Wildman–Crippen MR) is 83.2 cm³/mol. The number of fused-ring (bicyclic) bond motifs is 1. The highest BCUT2D eigenvalue weighted by Gasteiger charge is 2.31. The van der Waals surface area contributed by atoms with Crippen molar-refractivity contribution in [3.63, 3.8) is 0 Å². The van der Waals surface area contributed by atoms with E-state index in [1.54, 1.807) is 24.3 Å². The lowest BCUT2D eigenvalue weighted by Crippen LogP contribution is -2.21. The average molecular weight is 308 g/mol. The molecule has 4 N–H and O–H groups in total. The van der Waals surface area contributed by atoms with Gasteiger partial charge in [0, 0.05) is 23.4 Å². The van der Waals surface area contributed by atoms with Crippen molar-refractivity contribution in [2.75, 3.05) is 5.73 Å². The Labute approximate surface area is 131 Å². The molecule has 0 saturated carbocycles. The molecule has 7 nitrogen and oxygen atoms in total. The third-order valence-electron chi connectivity index (χ3n) is 3.68. The number of nitrogens with zero attached hydrogens (tertiary/aromatic N) is 2. The minimum Gasteiger partial charge on any atom is -0.440 e. The Morgan fingerprint density at radius 3 is 2.48 bits per heavy atom. The van der Waals surface area contributed by atoms with Gasteiger partial charge in [-0.2, -0.15) is 5.26 Å². The van der Waals surface area contributed by atoms with Crippen LogP contribution in [0.1, 0.15) is 17.0 Å². The summed E-state index contributed by atoms with van der Waals surface area (Å²) in [6, 6.07) is 13.2. The molecule has 23 heavy (non-hydrogen) atoms. The second-order valence-electron chi connectivity index (χ2n) is 5.07. The molecule has 0 unspecified atom stereocenters. The van der Waals surface area contributed by atoms with Crippen molar-refractivity contribution < 1.29 is 9.66 Å². The van der Waals surface area contributed by atoms with Crippen LogP contribution in [0.4, 0.5) is 11.4 Å². The van der Waals surface area contributed by atoms with Gasteiger partial charge in [0.1, 0.15) is 17.4 Å². The van der Waals surface area contributed by atoms with E-state index < -0.39 is 10.8 Å². The van der Waals surface area contributed by atoms with E-state index in [2.05, 4.69) is 0 Å². The summed E-state index contributed by atoms with van der Waals surface area (Å²) in [7, 11) is 0. The lowest BCUT2D eigenvalue weighted by molar-refractivity contribution is -0.384. The van der Waals surface area contributed by atoms with Gasteiger partial charge in [-0.1, -0.05) is 12.1 Å². The monoisotopic (exact) mass is 308 g/mol. The highest BCUT2D eigenvalue weighted by atomic mass is 16.6. The van der Waals surface area contributed by atoms with Gasteiger partial charge >= 0.3 is 0 Å². The van der Waals surface area contributed by atoms with Crippen molar-refractivity contribution in [1.29, 1.82) is 5.26 Å². The van der Waals surface area contributed by atoms with Crippen LogP contribution >= 0.6 is 0 Å². The number of ether oxygens (including phenoxy) is 1. The van der Waals surface area contributed by atoms with Gasteiger partial charge in [0.25, 0.3) is 5.69 Å². The normalized spacial score (nSPS) is 16.2. The van der Waals surface area contributed by atoms with E-state index in [1.807, 2.05) is 6.07 Å². The number of hydrogen-bond donors (Lipinski definition) is 2. The zero-order valence-corrected chi connectivity index (χ0v) is 11.9. The molecular formula is C16H12N4O3. The van der Waals surface area contributed by atoms with Crippen molar-refractivity contribution in [1.82, 2.24) is 0 Å². The molecule has 0 radical (unpaired) electrons. The summed E-state index contributed by atoms with van der Waals surface area (Å²) in [5, 5.41) is 20.5. The summed E-state index contributed by atoms with van der Waals surface area (Å²) in [5.41, 5.74) is 13.5. The quantitative estimate of drug-likeness (QED) is 0.498. The van der Waals surface area contributed by atoms with Crippen LogP contribution < -0.4 is 16.2 Å².